The third-order valence-electron chi connectivity index (χ3n) is 3.16. The Morgan fingerprint density at radius 3 is 3.00 bits per heavy atom. The molecule has 1 aliphatic heterocycles. The first-order valence-corrected chi connectivity index (χ1v) is 8.02. The fourth-order valence-corrected chi connectivity index (χ4v) is 3.92. The fourth-order valence-electron chi connectivity index (χ4n) is 2.12. The fraction of sp³-hybridized carbons (Fsp3) is 0.900. The predicted molar refractivity (Wildman–Crippen MR) is 66.6 cm³/mol. The number of hydrogen-bond acceptors (Lipinski definition) is 6. The molecule has 1 saturated heterocycles. The number of aromatic nitrogens is 4. The molecule has 0 aromatic carbocycles. The zero-order valence-corrected chi connectivity index (χ0v) is 11.4. The lowest BCUT2D eigenvalue weighted by molar-refractivity contribution is 0.506. The molecule has 0 bridgehead atoms. The summed E-state index contributed by atoms with van der Waals surface area (Å²) >= 11 is 0. The molecule has 18 heavy (non-hydrogen) atoms. The topological polar surface area (TPSA) is 89.8 Å². The molecule has 2 heterocycles. The van der Waals surface area contributed by atoms with Crippen LogP contribution >= 0.6 is 0 Å². The molecule has 1 N–H and O–H groups in total. The molecule has 0 saturated carbocycles. The third-order valence-corrected chi connectivity index (χ3v) is 5.41. The second kappa shape index (κ2) is 5.75. The van der Waals surface area contributed by atoms with Gasteiger partial charge in [-0.25, -0.2) is 13.1 Å². The average Bonchev–Trinajstić information content (AvgIpc) is 2.88. The molecule has 0 spiro atoms. The highest BCUT2D eigenvalue weighted by molar-refractivity contribution is 7.92. The van der Waals surface area contributed by atoms with Crippen molar-refractivity contribution in [3.63, 3.8) is 0 Å². The standard InChI is InChI=1S/C10H19N5O2S/c1-2-5-11-7-10-12-13-14-15(10)8-9-4-3-6-18(9,16)17/h9,11H,2-8H2,1H3. The minimum absolute atomic E-state index is 0.295. The summed E-state index contributed by atoms with van der Waals surface area (Å²) < 4.78 is 25.1. The summed E-state index contributed by atoms with van der Waals surface area (Å²) in [5.74, 6) is 0.994. The average molecular weight is 273 g/mol. The molecular formula is C10H19N5O2S. The van der Waals surface area contributed by atoms with Crippen LogP contribution in [-0.2, 0) is 22.9 Å². The van der Waals surface area contributed by atoms with E-state index < -0.39 is 9.84 Å². The van der Waals surface area contributed by atoms with Crippen molar-refractivity contribution in [1.29, 1.82) is 0 Å². The quantitative estimate of drug-likeness (QED) is 0.719. The summed E-state index contributed by atoms with van der Waals surface area (Å²) in [7, 11) is -2.94. The molecule has 0 aliphatic carbocycles. The molecule has 1 fully saturated rings. The molecular weight excluding hydrogens is 254 g/mol. The lowest BCUT2D eigenvalue weighted by Gasteiger charge is -2.10. The summed E-state index contributed by atoms with van der Waals surface area (Å²) in [6, 6.07) is 0. The molecule has 1 aromatic rings. The van der Waals surface area contributed by atoms with E-state index in [9.17, 15) is 8.42 Å². The number of nitrogens with one attached hydrogen (secondary N) is 1. The highest BCUT2D eigenvalue weighted by Crippen LogP contribution is 2.21. The number of sulfone groups is 1. The number of rotatable bonds is 6. The summed E-state index contributed by atoms with van der Waals surface area (Å²) in [6.45, 7) is 3.93. The lowest BCUT2D eigenvalue weighted by atomic mass is 10.2. The van der Waals surface area contributed by atoms with Gasteiger partial charge in [0.1, 0.15) is 0 Å². The summed E-state index contributed by atoms with van der Waals surface area (Å²) in [5.41, 5.74) is 0. The van der Waals surface area contributed by atoms with Crippen molar-refractivity contribution in [2.45, 2.75) is 44.5 Å². The van der Waals surface area contributed by atoms with Crippen LogP contribution in [0.3, 0.4) is 0 Å². The van der Waals surface area contributed by atoms with E-state index in [2.05, 4.69) is 27.8 Å². The van der Waals surface area contributed by atoms with Gasteiger partial charge in [0.05, 0.1) is 24.1 Å². The Kier molecular flexibility index (Phi) is 4.28. The minimum Gasteiger partial charge on any atom is -0.310 e. The Morgan fingerprint density at radius 1 is 1.50 bits per heavy atom. The number of hydrogen-bond donors (Lipinski definition) is 1. The van der Waals surface area contributed by atoms with E-state index in [1.165, 1.54) is 0 Å². The van der Waals surface area contributed by atoms with Gasteiger partial charge in [-0.2, -0.15) is 0 Å². The van der Waals surface area contributed by atoms with E-state index in [4.69, 9.17) is 0 Å². The third kappa shape index (κ3) is 3.05. The second-order valence-corrected chi connectivity index (χ2v) is 6.99. The van der Waals surface area contributed by atoms with Gasteiger partial charge in [0.25, 0.3) is 0 Å². The van der Waals surface area contributed by atoms with Crippen molar-refractivity contribution in [3.05, 3.63) is 5.82 Å². The molecule has 0 radical (unpaired) electrons. The Morgan fingerprint density at radius 2 is 2.33 bits per heavy atom. The minimum atomic E-state index is -2.94. The summed E-state index contributed by atoms with van der Waals surface area (Å²) in [5, 5.41) is 14.3. The first-order valence-electron chi connectivity index (χ1n) is 6.31. The Balaban J connectivity index is 1.99. The van der Waals surface area contributed by atoms with Crippen LogP contribution in [0.5, 0.6) is 0 Å². The van der Waals surface area contributed by atoms with Gasteiger partial charge in [-0.3, -0.25) is 0 Å². The molecule has 1 aromatic heterocycles. The van der Waals surface area contributed by atoms with Crippen molar-refractivity contribution in [2.24, 2.45) is 0 Å². The van der Waals surface area contributed by atoms with Gasteiger partial charge in [0.2, 0.25) is 0 Å². The highest BCUT2D eigenvalue weighted by atomic mass is 32.2. The van der Waals surface area contributed by atoms with Crippen LogP contribution in [0.25, 0.3) is 0 Å². The van der Waals surface area contributed by atoms with Gasteiger partial charge in [-0.1, -0.05) is 6.92 Å². The van der Waals surface area contributed by atoms with Crippen LogP contribution in [0.1, 0.15) is 32.0 Å². The van der Waals surface area contributed by atoms with Gasteiger partial charge in [0, 0.05) is 0 Å². The van der Waals surface area contributed by atoms with Crippen LogP contribution in [0.2, 0.25) is 0 Å². The van der Waals surface area contributed by atoms with Gasteiger partial charge < -0.3 is 5.32 Å². The van der Waals surface area contributed by atoms with Crippen molar-refractivity contribution in [2.75, 3.05) is 12.3 Å². The first kappa shape index (κ1) is 13.4. The van der Waals surface area contributed by atoms with Gasteiger partial charge in [-0.15, -0.1) is 5.10 Å². The maximum atomic E-state index is 11.8. The van der Waals surface area contributed by atoms with E-state index in [-0.39, 0.29) is 5.25 Å². The highest BCUT2D eigenvalue weighted by Gasteiger charge is 2.32. The van der Waals surface area contributed by atoms with Crippen LogP contribution in [0.4, 0.5) is 0 Å². The van der Waals surface area contributed by atoms with Crippen LogP contribution < -0.4 is 5.32 Å². The second-order valence-electron chi connectivity index (χ2n) is 4.59. The smallest absolute Gasteiger partial charge is 0.165 e. The van der Waals surface area contributed by atoms with Crippen LogP contribution in [-0.4, -0.2) is 46.2 Å². The van der Waals surface area contributed by atoms with Crippen LogP contribution in [0.15, 0.2) is 0 Å². The van der Waals surface area contributed by atoms with E-state index in [0.717, 1.165) is 19.4 Å². The Hall–Kier alpha value is -1.02. The molecule has 2 rings (SSSR count). The summed E-state index contributed by atoms with van der Waals surface area (Å²) in [4.78, 5) is 0. The molecule has 1 atom stereocenters. The lowest BCUT2D eigenvalue weighted by Crippen LogP contribution is -2.26. The molecule has 1 unspecified atom stereocenters. The van der Waals surface area contributed by atoms with E-state index in [1.807, 2.05) is 0 Å². The van der Waals surface area contributed by atoms with Crippen molar-refractivity contribution in [3.8, 4) is 0 Å². The monoisotopic (exact) mass is 273 g/mol. The maximum absolute atomic E-state index is 11.8. The number of nitrogens with zero attached hydrogens (tertiary/aromatic N) is 4. The molecule has 1 aliphatic rings. The molecule has 8 heteroatoms. The largest absolute Gasteiger partial charge is 0.310 e. The van der Waals surface area contributed by atoms with Gasteiger partial charge in [-0.05, 0) is 36.2 Å². The molecule has 7 nitrogen and oxygen atoms in total. The zero-order valence-electron chi connectivity index (χ0n) is 10.5. The van der Waals surface area contributed by atoms with Crippen molar-refractivity contribution < 1.29 is 8.42 Å². The normalized spacial score (nSPS) is 22.4. The van der Waals surface area contributed by atoms with E-state index in [0.29, 0.717) is 31.1 Å². The zero-order chi connectivity index (χ0) is 13.0. The van der Waals surface area contributed by atoms with Crippen molar-refractivity contribution >= 4 is 9.84 Å². The van der Waals surface area contributed by atoms with Crippen LogP contribution in [0, 0.1) is 0 Å². The maximum Gasteiger partial charge on any atom is 0.165 e. The Bertz CT molecular complexity index is 484. The SMILES string of the molecule is CCCNCc1nnnn1CC1CCCS1(=O)=O. The first-order chi connectivity index (χ1) is 8.63. The summed E-state index contributed by atoms with van der Waals surface area (Å²) in [6.07, 6.45) is 2.50. The van der Waals surface area contributed by atoms with Gasteiger partial charge in [0.15, 0.2) is 15.7 Å². The van der Waals surface area contributed by atoms with E-state index >= 15 is 0 Å². The Labute approximate surface area is 107 Å². The van der Waals surface area contributed by atoms with Crippen molar-refractivity contribution in [1.82, 2.24) is 25.5 Å². The predicted octanol–water partition coefficient (Wildman–Crippen LogP) is -0.250. The molecule has 0 amide bonds. The van der Waals surface area contributed by atoms with Gasteiger partial charge >= 0.3 is 0 Å². The molecule has 102 valence electrons. The number of tetrazole rings is 1. The van der Waals surface area contributed by atoms with E-state index in [1.54, 1.807) is 4.68 Å².